The third-order valence-corrected chi connectivity index (χ3v) is 6.02. The fraction of sp³-hybridized carbons (Fsp3) is 0.160. The summed E-state index contributed by atoms with van der Waals surface area (Å²) in [4.78, 5) is 33.2. The molecule has 3 aromatic carbocycles. The number of aromatic nitrogens is 2. The number of nitrogens with zero attached hydrogens (tertiary/aromatic N) is 1. The van der Waals surface area contributed by atoms with Gasteiger partial charge in [0.1, 0.15) is 11.6 Å². The highest BCUT2D eigenvalue weighted by Crippen LogP contribution is 2.30. The largest absolute Gasteiger partial charge is 0.497 e. The van der Waals surface area contributed by atoms with Gasteiger partial charge in [0.05, 0.1) is 39.4 Å². The zero-order chi connectivity index (χ0) is 24.2. The minimum atomic E-state index is -1.00. The molecule has 4 aromatic rings. The van der Waals surface area contributed by atoms with E-state index in [1.807, 2.05) is 24.3 Å². The molecule has 0 fully saturated rings. The third kappa shape index (κ3) is 5.00. The molecule has 0 saturated heterocycles. The molecule has 7 nitrogen and oxygen atoms in total. The Morgan fingerprint density at radius 2 is 1.85 bits per heavy atom. The van der Waals surface area contributed by atoms with Gasteiger partial charge in [-0.15, -0.1) is 0 Å². The van der Waals surface area contributed by atoms with Crippen LogP contribution in [-0.2, 0) is 9.53 Å². The van der Waals surface area contributed by atoms with Gasteiger partial charge in [0.2, 0.25) is 0 Å². The van der Waals surface area contributed by atoms with Gasteiger partial charge in [-0.2, -0.15) is 0 Å². The monoisotopic (exact) mass is 497 g/mol. The molecule has 4 rings (SSSR count). The van der Waals surface area contributed by atoms with Gasteiger partial charge in [-0.25, -0.2) is 9.78 Å². The third-order valence-electron chi connectivity index (χ3n) is 5.20. The molecular formula is C25H21Cl2N3O4. The van der Waals surface area contributed by atoms with E-state index >= 15 is 0 Å². The van der Waals surface area contributed by atoms with Crippen LogP contribution in [0.3, 0.4) is 0 Å². The van der Waals surface area contributed by atoms with Crippen LogP contribution in [-0.4, -0.2) is 35.1 Å². The summed E-state index contributed by atoms with van der Waals surface area (Å²) in [6.45, 7) is 1.75. The summed E-state index contributed by atoms with van der Waals surface area (Å²) in [5.74, 6) is 0.288. The molecule has 0 aliphatic rings. The number of nitrogens with one attached hydrogen (secondary N) is 2. The van der Waals surface area contributed by atoms with Crippen LogP contribution in [0.4, 0.5) is 5.69 Å². The summed E-state index contributed by atoms with van der Waals surface area (Å²) in [6, 6.07) is 17.4. The lowest BCUT2D eigenvalue weighted by Gasteiger charge is -2.17. The lowest BCUT2D eigenvalue weighted by atomic mass is 10.2. The maximum Gasteiger partial charge on any atom is 0.338 e. The maximum absolute atomic E-state index is 12.8. The Balaban J connectivity index is 1.49. The van der Waals surface area contributed by atoms with Crippen LogP contribution in [0.2, 0.25) is 10.0 Å². The quantitative estimate of drug-likeness (QED) is 0.300. The average Bonchev–Trinajstić information content (AvgIpc) is 3.28. The fourth-order valence-electron chi connectivity index (χ4n) is 3.36. The van der Waals surface area contributed by atoms with Gasteiger partial charge >= 0.3 is 5.97 Å². The van der Waals surface area contributed by atoms with Gasteiger partial charge in [-0.05, 0) is 61.0 Å². The number of rotatable bonds is 7. The molecule has 34 heavy (non-hydrogen) atoms. The second kappa shape index (κ2) is 10.2. The number of anilines is 1. The van der Waals surface area contributed by atoms with Crippen LogP contribution in [0.25, 0.3) is 22.4 Å². The summed E-state index contributed by atoms with van der Waals surface area (Å²) in [6.07, 6.45) is -0.723. The van der Waals surface area contributed by atoms with Crippen molar-refractivity contribution in [2.75, 3.05) is 12.4 Å². The van der Waals surface area contributed by atoms with Crippen molar-refractivity contribution in [2.24, 2.45) is 0 Å². The van der Waals surface area contributed by atoms with Crippen LogP contribution in [0, 0.1) is 0 Å². The number of hydrogen-bond acceptors (Lipinski definition) is 5. The number of halogens is 2. The van der Waals surface area contributed by atoms with Crippen LogP contribution < -0.4 is 10.1 Å². The summed E-state index contributed by atoms with van der Waals surface area (Å²) in [5.41, 5.74) is 2.89. The topological polar surface area (TPSA) is 93.3 Å². The van der Waals surface area contributed by atoms with Crippen LogP contribution in [0.1, 0.15) is 23.7 Å². The Morgan fingerprint density at radius 3 is 2.56 bits per heavy atom. The molecule has 1 unspecified atom stereocenters. The smallest absolute Gasteiger partial charge is 0.338 e. The summed E-state index contributed by atoms with van der Waals surface area (Å²) in [5, 5.41) is 3.19. The Bertz CT molecular complexity index is 1350. The molecule has 9 heteroatoms. The lowest BCUT2D eigenvalue weighted by Crippen LogP contribution is -2.32. The Labute approximate surface area is 206 Å². The molecule has 0 aliphatic carbocycles. The van der Waals surface area contributed by atoms with E-state index in [0.717, 1.165) is 11.3 Å². The number of fused-ring (bicyclic) bond motifs is 1. The van der Waals surface area contributed by atoms with Crippen molar-refractivity contribution in [2.45, 2.75) is 19.4 Å². The van der Waals surface area contributed by atoms with Crippen LogP contribution >= 0.6 is 23.2 Å². The number of esters is 1. The zero-order valence-corrected chi connectivity index (χ0v) is 19.9. The standard InChI is InChI=1S/C25H21Cl2N3O4/c1-3-21(24(31)30-19-6-4-5-17(26)22(19)27)34-25(32)15-9-12-18-20(13-15)29-23(28-18)14-7-10-16(33-2)11-8-14/h4-13,21H,3H2,1-2H3,(H,28,29)(H,30,31). The van der Waals surface area contributed by atoms with Crippen molar-refractivity contribution in [1.29, 1.82) is 0 Å². The first-order chi connectivity index (χ1) is 16.4. The number of H-pyrrole nitrogens is 1. The van der Waals surface area contributed by atoms with E-state index in [-0.39, 0.29) is 11.4 Å². The number of imidazole rings is 1. The predicted octanol–water partition coefficient (Wildman–Crippen LogP) is 6.12. The van der Waals surface area contributed by atoms with Crippen molar-refractivity contribution in [3.63, 3.8) is 0 Å². The number of carbonyl (C=O) groups is 2. The first-order valence-electron chi connectivity index (χ1n) is 10.5. The fourth-order valence-corrected chi connectivity index (χ4v) is 3.70. The second-order valence-electron chi connectivity index (χ2n) is 7.44. The number of ether oxygens (including phenoxy) is 2. The van der Waals surface area contributed by atoms with E-state index < -0.39 is 18.0 Å². The highest BCUT2D eigenvalue weighted by atomic mass is 35.5. The van der Waals surface area contributed by atoms with E-state index in [1.165, 1.54) is 0 Å². The molecular weight excluding hydrogens is 477 g/mol. The van der Waals surface area contributed by atoms with E-state index in [9.17, 15) is 9.59 Å². The van der Waals surface area contributed by atoms with Gasteiger partial charge in [-0.3, -0.25) is 4.79 Å². The molecule has 1 amide bonds. The zero-order valence-electron chi connectivity index (χ0n) is 18.4. The second-order valence-corrected chi connectivity index (χ2v) is 8.22. The lowest BCUT2D eigenvalue weighted by molar-refractivity contribution is -0.124. The first-order valence-corrected chi connectivity index (χ1v) is 11.2. The first kappa shape index (κ1) is 23.6. The number of carbonyl (C=O) groups excluding carboxylic acids is 2. The van der Waals surface area contributed by atoms with Gasteiger partial charge in [0.15, 0.2) is 6.10 Å². The molecule has 0 radical (unpaired) electrons. The van der Waals surface area contributed by atoms with Crippen molar-refractivity contribution in [1.82, 2.24) is 9.97 Å². The Morgan fingerprint density at radius 1 is 1.09 bits per heavy atom. The van der Waals surface area contributed by atoms with Gasteiger partial charge in [0.25, 0.3) is 5.91 Å². The maximum atomic E-state index is 12.8. The minimum Gasteiger partial charge on any atom is -0.497 e. The predicted molar refractivity (Wildman–Crippen MR) is 133 cm³/mol. The minimum absolute atomic E-state index is 0.219. The van der Waals surface area contributed by atoms with Gasteiger partial charge in [0, 0.05) is 5.56 Å². The molecule has 2 N–H and O–H groups in total. The van der Waals surface area contributed by atoms with E-state index in [2.05, 4.69) is 15.3 Å². The van der Waals surface area contributed by atoms with E-state index in [0.29, 0.717) is 33.1 Å². The van der Waals surface area contributed by atoms with Gasteiger partial charge < -0.3 is 19.8 Å². The summed E-state index contributed by atoms with van der Waals surface area (Å²) < 4.78 is 10.7. The number of methoxy groups -OCH3 is 1. The molecule has 1 aromatic heterocycles. The molecule has 1 heterocycles. The van der Waals surface area contributed by atoms with Crippen molar-refractivity contribution in [3.8, 4) is 17.1 Å². The SMILES string of the molecule is CCC(OC(=O)c1ccc2nc(-c3ccc(OC)cc3)[nH]c2c1)C(=O)Nc1cccc(Cl)c1Cl. The van der Waals surface area contributed by atoms with Crippen LogP contribution in [0.5, 0.6) is 5.75 Å². The molecule has 0 saturated carbocycles. The summed E-state index contributed by atoms with van der Waals surface area (Å²) in [7, 11) is 1.61. The highest BCUT2D eigenvalue weighted by molar-refractivity contribution is 6.44. The van der Waals surface area contributed by atoms with Crippen LogP contribution in [0.15, 0.2) is 60.7 Å². The van der Waals surface area contributed by atoms with E-state index in [1.54, 1.807) is 50.4 Å². The van der Waals surface area contributed by atoms with Crippen molar-refractivity contribution < 1.29 is 19.1 Å². The molecule has 0 bridgehead atoms. The van der Waals surface area contributed by atoms with Crippen molar-refractivity contribution in [3.05, 3.63) is 76.3 Å². The average molecular weight is 498 g/mol. The normalized spacial score (nSPS) is 11.8. The highest BCUT2D eigenvalue weighted by Gasteiger charge is 2.23. The van der Waals surface area contributed by atoms with Crippen molar-refractivity contribution >= 4 is 51.8 Å². The number of amides is 1. The molecule has 174 valence electrons. The Kier molecular flexibility index (Phi) is 7.05. The molecule has 1 atom stereocenters. The molecule has 0 aliphatic heterocycles. The number of hydrogen-bond donors (Lipinski definition) is 2. The molecule has 0 spiro atoms. The summed E-state index contributed by atoms with van der Waals surface area (Å²) >= 11 is 12.1. The Hall–Kier alpha value is -3.55. The number of aromatic amines is 1. The number of benzene rings is 3. The van der Waals surface area contributed by atoms with Gasteiger partial charge in [-0.1, -0.05) is 36.2 Å². The van der Waals surface area contributed by atoms with E-state index in [4.69, 9.17) is 32.7 Å².